The van der Waals surface area contributed by atoms with Crippen molar-refractivity contribution in [2.24, 2.45) is 5.92 Å². The predicted octanol–water partition coefficient (Wildman–Crippen LogP) is 3.51. The summed E-state index contributed by atoms with van der Waals surface area (Å²) in [5.41, 5.74) is 0.481. The second kappa shape index (κ2) is 8.71. The number of alkyl halides is 1. The van der Waals surface area contributed by atoms with Crippen LogP contribution in [-0.4, -0.2) is 44.1 Å². The lowest BCUT2D eigenvalue weighted by atomic mass is 10.00. The Balaban J connectivity index is 1.97. The molecule has 1 heterocycles. The van der Waals surface area contributed by atoms with Gasteiger partial charge < -0.3 is 10.1 Å². The molecule has 0 aromatic heterocycles. The highest BCUT2D eigenvalue weighted by molar-refractivity contribution is 9.08. The maximum absolute atomic E-state index is 12.9. The quantitative estimate of drug-likeness (QED) is 0.701. The van der Waals surface area contributed by atoms with Crippen molar-refractivity contribution >= 4 is 32.0 Å². The highest BCUT2D eigenvalue weighted by atomic mass is 79.9. The van der Waals surface area contributed by atoms with Crippen LogP contribution in [0.5, 0.6) is 0 Å². The molecule has 1 aromatic rings. The molecule has 0 aliphatic carbocycles. The van der Waals surface area contributed by atoms with Crippen LogP contribution >= 0.6 is 15.9 Å². The van der Waals surface area contributed by atoms with Crippen LogP contribution < -0.4 is 5.32 Å². The molecule has 1 fully saturated rings. The fourth-order valence-electron chi connectivity index (χ4n) is 2.85. The summed E-state index contributed by atoms with van der Waals surface area (Å²) in [5, 5.41) is 3.44. The molecule has 1 aromatic carbocycles. The van der Waals surface area contributed by atoms with Crippen LogP contribution in [0.25, 0.3) is 0 Å². The second-order valence-corrected chi connectivity index (χ2v) is 10.0. The Kier molecular flexibility index (Phi) is 7.10. The number of rotatable bonds is 5. The van der Waals surface area contributed by atoms with Crippen molar-refractivity contribution in [1.82, 2.24) is 9.62 Å². The topological polar surface area (TPSA) is 75.7 Å². The molecule has 0 saturated carbocycles. The molecule has 1 aliphatic rings. The van der Waals surface area contributed by atoms with E-state index in [-0.39, 0.29) is 5.92 Å². The average Bonchev–Trinajstić information content (AvgIpc) is 2.59. The fourth-order valence-corrected chi connectivity index (χ4v) is 4.78. The molecule has 146 valence electrons. The van der Waals surface area contributed by atoms with E-state index < -0.39 is 21.7 Å². The lowest BCUT2D eigenvalue weighted by Crippen LogP contribution is -2.44. The van der Waals surface area contributed by atoms with Gasteiger partial charge in [0.1, 0.15) is 5.60 Å². The van der Waals surface area contributed by atoms with Gasteiger partial charge in [0, 0.05) is 25.0 Å². The summed E-state index contributed by atoms with van der Waals surface area (Å²) in [7, 11) is -3.51. The minimum absolute atomic E-state index is 0.0767. The smallest absolute Gasteiger partial charge is 0.407 e. The Morgan fingerprint density at radius 2 is 1.96 bits per heavy atom. The summed E-state index contributed by atoms with van der Waals surface area (Å²) in [6.45, 7) is 6.74. The molecular formula is C18H27BrN2O4S. The van der Waals surface area contributed by atoms with Crippen LogP contribution in [0.4, 0.5) is 4.79 Å². The van der Waals surface area contributed by atoms with Crippen molar-refractivity contribution in [3.05, 3.63) is 29.8 Å². The van der Waals surface area contributed by atoms with Crippen LogP contribution in [0.2, 0.25) is 0 Å². The van der Waals surface area contributed by atoms with Gasteiger partial charge in [-0.05, 0) is 57.2 Å². The molecule has 1 N–H and O–H groups in total. The molecule has 0 bridgehead atoms. The Hall–Kier alpha value is -1.12. The van der Waals surface area contributed by atoms with Crippen molar-refractivity contribution in [2.45, 2.75) is 49.4 Å². The zero-order valence-electron chi connectivity index (χ0n) is 15.5. The summed E-state index contributed by atoms with van der Waals surface area (Å²) < 4.78 is 32.5. The Bertz CT molecular complexity index is 714. The summed E-state index contributed by atoms with van der Waals surface area (Å²) in [6, 6.07) is 6.92. The van der Waals surface area contributed by atoms with E-state index in [2.05, 4.69) is 21.2 Å². The van der Waals surface area contributed by atoms with Gasteiger partial charge in [-0.15, -0.1) is 0 Å². The monoisotopic (exact) mass is 446 g/mol. The summed E-state index contributed by atoms with van der Waals surface area (Å²) in [5.74, 6) is 0.0767. The number of ether oxygens (including phenoxy) is 1. The van der Waals surface area contributed by atoms with Gasteiger partial charge in [0.25, 0.3) is 0 Å². The number of sulfonamides is 1. The van der Waals surface area contributed by atoms with Crippen molar-refractivity contribution < 1.29 is 17.9 Å². The molecule has 0 radical (unpaired) electrons. The maximum atomic E-state index is 12.9. The van der Waals surface area contributed by atoms with Gasteiger partial charge in [-0.1, -0.05) is 28.1 Å². The van der Waals surface area contributed by atoms with Gasteiger partial charge in [0.05, 0.1) is 4.90 Å². The fraction of sp³-hybridized carbons (Fsp3) is 0.611. The van der Waals surface area contributed by atoms with Crippen LogP contribution in [0.1, 0.15) is 39.2 Å². The highest BCUT2D eigenvalue weighted by Gasteiger charge is 2.30. The van der Waals surface area contributed by atoms with E-state index in [9.17, 15) is 13.2 Å². The zero-order valence-corrected chi connectivity index (χ0v) is 17.9. The predicted molar refractivity (Wildman–Crippen MR) is 105 cm³/mol. The Morgan fingerprint density at radius 3 is 2.54 bits per heavy atom. The number of nitrogens with zero attached hydrogens (tertiary/aromatic N) is 1. The number of hydrogen-bond acceptors (Lipinski definition) is 4. The number of piperidine rings is 1. The number of carbonyl (C=O) groups is 1. The first-order valence-electron chi connectivity index (χ1n) is 8.74. The van der Waals surface area contributed by atoms with Crippen LogP contribution in [0.15, 0.2) is 29.2 Å². The molecular weight excluding hydrogens is 420 g/mol. The third kappa shape index (κ3) is 5.96. The largest absolute Gasteiger partial charge is 0.444 e. The minimum atomic E-state index is -3.51. The number of halogens is 1. The first kappa shape index (κ1) is 21.2. The normalized spacial score (nSPS) is 19.2. The number of alkyl carbamates (subject to hydrolysis) is 1. The van der Waals surface area contributed by atoms with E-state index in [0.29, 0.717) is 29.9 Å². The molecule has 6 nitrogen and oxygen atoms in total. The van der Waals surface area contributed by atoms with Crippen LogP contribution in [0, 0.1) is 5.92 Å². The van der Waals surface area contributed by atoms with Crippen molar-refractivity contribution in [3.63, 3.8) is 0 Å². The lowest BCUT2D eigenvalue weighted by molar-refractivity contribution is 0.0513. The molecule has 1 saturated heterocycles. The standard InChI is InChI=1S/C18H27BrN2O4S/c1-18(2,3)25-17(22)20-12-15-5-4-10-21(13-15)26(23,24)16-8-6-14(11-19)7-9-16/h6-9,15H,4-5,10-13H2,1-3H3,(H,20,22). The first-order valence-corrected chi connectivity index (χ1v) is 11.3. The summed E-state index contributed by atoms with van der Waals surface area (Å²) in [6.07, 6.45) is 1.19. The van der Waals surface area contributed by atoms with Gasteiger partial charge in [0.15, 0.2) is 0 Å². The molecule has 2 rings (SSSR count). The SMILES string of the molecule is CC(C)(C)OC(=O)NCC1CCCN(S(=O)(=O)c2ccc(CBr)cc2)C1. The van der Waals surface area contributed by atoms with Crippen molar-refractivity contribution in [2.75, 3.05) is 19.6 Å². The molecule has 1 atom stereocenters. The first-order chi connectivity index (χ1) is 12.1. The Labute approximate surface area is 164 Å². The lowest BCUT2D eigenvalue weighted by Gasteiger charge is -2.32. The Morgan fingerprint density at radius 1 is 1.31 bits per heavy atom. The molecule has 0 spiro atoms. The molecule has 8 heteroatoms. The van der Waals surface area contributed by atoms with Gasteiger partial charge in [-0.2, -0.15) is 4.31 Å². The van der Waals surface area contributed by atoms with Gasteiger partial charge in [-0.3, -0.25) is 0 Å². The van der Waals surface area contributed by atoms with Crippen LogP contribution in [0.3, 0.4) is 0 Å². The van der Waals surface area contributed by atoms with E-state index in [1.54, 1.807) is 12.1 Å². The van der Waals surface area contributed by atoms with Crippen molar-refractivity contribution in [1.29, 1.82) is 0 Å². The zero-order chi connectivity index (χ0) is 19.4. The minimum Gasteiger partial charge on any atom is -0.444 e. The summed E-state index contributed by atoms with van der Waals surface area (Å²) >= 11 is 3.36. The second-order valence-electron chi connectivity index (χ2n) is 7.53. The van der Waals surface area contributed by atoms with E-state index in [0.717, 1.165) is 18.4 Å². The van der Waals surface area contributed by atoms with E-state index in [1.807, 2.05) is 32.9 Å². The average molecular weight is 447 g/mol. The molecule has 1 aliphatic heterocycles. The van der Waals surface area contributed by atoms with E-state index in [4.69, 9.17) is 4.74 Å². The maximum Gasteiger partial charge on any atom is 0.407 e. The van der Waals surface area contributed by atoms with Gasteiger partial charge >= 0.3 is 6.09 Å². The molecule has 1 amide bonds. The number of amides is 1. The molecule has 26 heavy (non-hydrogen) atoms. The van der Waals surface area contributed by atoms with Gasteiger partial charge in [-0.25, -0.2) is 13.2 Å². The molecule has 1 unspecified atom stereocenters. The van der Waals surface area contributed by atoms with E-state index in [1.165, 1.54) is 4.31 Å². The number of nitrogens with one attached hydrogen (secondary N) is 1. The number of hydrogen-bond donors (Lipinski definition) is 1. The van der Waals surface area contributed by atoms with Crippen molar-refractivity contribution in [3.8, 4) is 0 Å². The summed E-state index contributed by atoms with van der Waals surface area (Å²) in [4.78, 5) is 12.1. The number of carbonyl (C=O) groups excluding carboxylic acids is 1. The third-order valence-electron chi connectivity index (χ3n) is 4.13. The van der Waals surface area contributed by atoms with Crippen LogP contribution in [-0.2, 0) is 20.1 Å². The van der Waals surface area contributed by atoms with E-state index >= 15 is 0 Å². The number of benzene rings is 1. The third-order valence-corrected chi connectivity index (χ3v) is 6.66. The van der Waals surface area contributed by atoms with Gasteiger partial charge in [0.2, 0.25) is 10.0 Å². The highest BCUT2D eigenvalue weighted by Crippen LogP contribution is 2.24.